The van der Waals surface area contributed by atoms with E-state index >= 15 is 0 Å². The molecule has 2 N–H and O–H groups in total. The molecule has 0 unspecified atom stereocenters. The maximum atomic E-state index is 3.84. The van der Waals surface area contributed by atoms with Crippen LogP contribution in [0.5, 0.6) is 0 Å². The van der Waals surface area contributed by atoms with Crippen molar-refractivity contribution in [2.45, 2.75) is 71.1 Å². The predicted molar refractivity (Wildman–Crippen MR) is 66.8 cm³/mol. The molecule has 0 aromatic carbocycles. The van der Waals surface area contributed by atoms with Crippen LogP contribution in [0.25, 0.3) is 0 Å². The smallest absolute Gasteiger partial charge is 0.870 e. The van der Waals surface area contributed by atoms with Gasteiger partial charge >= 0.3 is 23.9 Å². The van der Waals surface area contributed by atoms with E-state index in [0.717, 1.165) is 6.42 Å². The Morgan fingerprint density at radius 1 is 0.667 bits per heavy atom. The maximum absolute atomic E-state index is 3.84. The van der Waals surface area contributed by atoms with Gasteiger partial charge in [-0.15, -0.1) is 0 Å². The van der Waals surface area contributed by atoms with Crippen LogP contribution < -0.4 is 0 Å². The molecule has 0 heterocycles. The van der Waals surface area contributed by atoms with E-state index in [2.05, 4.69) is 13.8 Å². The summed E-state index contributed by atoms with van der Waals surface area (Å²) in [6.07, 6.45) is 13.9. The van der Waals surface area contributed by atoms with Gasteiger partial charge in [0.25, 0.3) is 0 Å². The molecule has 15 heavy (non-hydrogen) atoms. The molecule has 3 radical (unpaired) electrons. The molecule has 0 saturated carbocycles. The van der Waals surface area contributed by atoms with E-state index in [1.807, 2.05) is 0 Å². The topological polar surface area (TPSA) is 60.0 Å². The van der Waals surface area contributed by atoms with Crippen molar-refractivity contribution in [1.82, 2.24) is 0 Å². The van der Waals surface area contributed by atoms with Gasteiger partial charge in [0, 0.05) is 0 Å². The molecule has 0 aliphatic heterocycles. The van der Waals surface area contributed by atoms with E-state index in [-0.39, 0.29) is 34.9 Å². The summed E-state index contributed by atoms with van der Waals surface area (Å²) in [5, 5.41) is 0. The first-order valence-electron chi connectivity index (χ1n) is 5.71. The van der Waals surface area contributed by atoms with Gasteiger partial charge < -0.3 is 11.0 Å². The van der Waals surface area contributed by atoms with Crippen LogP contribution in [0.15, 0.2) is 0 Å². The number of hydrogen-bond acceptors (Lipinski definition) is 2. The zero-order chi connectivity index (χ0) is 9.07. The molecule has 0 fully saturated rings. The summed E-state index contributed by atoms with van der Waals surface area (Å²) in [5.41, 5.74) is 0. The molecular weight excluding hydrogens is 295 g/mol. The Bertz CT molecular complexity index is 70.0. The molecule has 0 saturated heterocycles. The Morgan fingerprint density at radius 2 is 1.00 bits per heavy atom. The van der Waals surface area contributed by atoms with Crippen molar-refractivity contribution >= 4 is 23.9 Å². The van der Waals surface area contributed by atoms with Crippen LogP contribution in [0, 0.1) is 6.92 Å². The number of unbranched alkanes of at least 4 members (excludes halogenated alkanes) is 9. The monoisotopic (exact) mass is 323 g/mol. The maximum Gasteiger partial charge on any atom is 2.00 e. The second-order valence-electron chi connectivity index (χ2n) is 3.68. The summed E-state index contributed by atoms with van der Waals surface area (Å²) in [6.45, 7) is 6.12. The van der Waals surface area contributed by atoms with Crippen LogP contribution in [-0.2, 0) is 0 Å². The van der Waals surface area contributed by atoms with Gasteiger partial charge in [0.15, 0.2) is 0 Å². The molecule has 0 rings (SSSR count). The SMILES string of the molecule is [CH2]CCCCCCCCCCC.[OH-].[OH-].[Sn+2]. The summed E-state index contributed by atoms with van der Waals surface area (Å²) in [4.78, 5) is 0. The van der Waals surface area contributed by atoms with E-state index in [0.29, 0.717) is 0 Å². The second-order valence-corrected chi connectivity index (χ2v) is 3.68. The molecule has 0 spiro atoms. The zero-order valence-corrected chi connectivity index (χ0v) is 13.0. The predicted octanol–water partition coefficient (Wildman–Crippen LogP) is 4.01. The van der Waals surface area contributed by atoms with E-state index < -0.39 is 0 Å². The van der Waals surface area contributed by atoms with Gasteiger partial charge in [-0.05, 0) is 0 Å². The van der Waals surface area contributed by atoms with Crippen LogP contribution in [-0.4, -0.2) is 34.9 Å². The minimum Gasteiger partial charge on any atom is -0.870 e. The first-order chi connectivity index (χ1) is 5.91. The number of hydrogen-bond donors (Lipinski definition) is 0. The molecule has 3 heteroatoms. The second kappa shape index (κ2) is 24.1. The molecule has 0 bridgehead atoms. The minimum absolute atomic E-state index is 0. The molecule has 0 amide bonds. The van der Waals surface area contributed by atoms with Gasteiger partial charge in [0.05, 0.1) is 0 Å². The summed E-state index contributed by atoms with van der Waals surface area (Å²) < 4.78 is 0. The standard InChI is InChI=1S/C12H25.2H2O.Sn/c1-3-5-7-9-11-12-10-8-6-4-2;;;/h1,3-12H2,2H3;2*1H2;/q;;;+2/p-2. The van der Waals surface area contributed by atoms with Gasteiger partial charge in [0.1, 0.15) is 0 Å². The van der Waals surface area contributed by atoms with Crippen LogP contribution >= 0.6 is 0 Å². The summed E-state index contributed by atoms with van der Waals surface area (Å²) in [7, 11) is 0. The van der Waals surface area contributed by atoms with Crippen molar-refractivity contribution in [1.29, 1.82) is 0 Å². The van der Waals surface area contributed by atoms with Crippen molar-refractivity contribution in [2.24, 2.45) is 0 Å². The zero-order valence-electron chi connectivity index (χ0n) is 10.2. The third-order valence-corrected chi connectivity index (χ3v) is 2.35. The van der Waals surface area contributed by atoms with Crippen LogP contribution in [0.3, 0.4) is 0 Å². The van der Waals surface area contributed by atoms with E-state index in [1.165, 1.54) is 57.8 Å². The van der Waals surface area contributed by atoms with Crippen LogP contribution in [0.1, 0.15) is 71.1 Å². The van der Waals surface area contributed by atoms with Crippen molar-refractivity contribution in [3.8, 4) is 0 Å². The molecular formula is C12H27O2Sn. The third-order valence-electron chi connectivity index (χ3n) is 2.35. The molecule has 0 atom stereocenters. The van der Waals surface area contributed by atoms with E-state index in [1.54, 1.807) is 0 Å². The average molecular weight is 322 g/mol. The Labute approximate surface area is 113 Å². The van der Waals surface area contributed by atoms with Crippen molar-refractivity contribution in [2.75, 3.05) is 0 Å². The van der Waals surface area contributed by atoms with Crippen molar-refractivity contribution in [3.63, 3.8) is 0 Å². The molecule has 2 nitrogen and oxygen atoms in total. The fraction of sp³-hybridized carbons (Fsp3) is 0.917. The Morgan fingerprint density at radius 3 is 1.33 bits per heavy atom. The third kappa shape index (κ3) is 25.2. The van der Waals surface area contributed by atoms with E-state index in [9.17, 15) is 0 Å². The number of rotatable bonds is 9. The molecule has 0 aromatic heterocycles. The summed E-state index contributed by atoms with van der Waals surface area (Å²) in [6, 6.07) is 0. The fourth-order valence-electron chi connectivity index (χ4n) is 1.49. The first kappa shape index (κ1) is 24.8. The van der Waals surface area contributed by atoms with Gasteiger partial charge in [-0.2, -0.15) is 0 Å². The van der Waals surface area contributed by atoms with E-state index in [4.69, 9.17) is 0 Å². The molecule has 0 aliphatic carbocycles. The van der Waals surface area contributed by atoms with Gasteiger partial charge in [0.2, 0.25) is 0 Å². The normalized spacial score (nSPS) is 8.40. The average Bonchev–Trinajstić information content (AvgIpc) is 2.10. The summed E-state index contributed by atoms with van der Waals surface area (Å²) in [5.74, 6) is 0. The molecule has 0 aliphatic rings. The Hall–Kier alpha value is 0.719. The Kier molecular flexibility index (Phi) is 39.9. The van der Waals surface area contributed by atoms with Gasteiger partial charge in [-0.3, -0.25) is 0 Å². The Balaban J connectivity index is -0.000000202. The van der Waals surface area contributed by atoms with Crippen molar-refractivity contribution < 1.29 is 11.0 Å². The largest absolute Gasteiger partial charge is 2.00 e. The van der Waals surface area contributed by atoms with Crippen molar-refractivity contribution in [3.05, 3.63) is 6.92 Å². The quantitative estimate of drug-likeness (QED) is 0.476. The summed E-state index contributed by atoms with van der Waals surface area (Å²) >= 11 is 0. The molecule has 91 valence electrons. The van der Waals surface area contributed by atoms with Crippen LogP contribution in [0.2, 0.25) is 0 Å². The first-order valence-corrected chi connectivity index (χ1v) is 5.71. The minimum atomic E-state index is 0. The fourth-order valence-corrected chi connectivity index (χ4v) is 1.49. The van der Waals surface area contributed by atoms with Crippen LogP contribution in [0.4, 0.5) is 0 Å². The van der Waals surface area contributed by atoms with Gasteiger partial charge in [-0.25, -0.2) is 0 Å². The van der Waals surface area contributed by atoms with Gasteiger partial charge in [-0.1, -0.05) is 78.1 Å². The molecule has 0 aromatic rings.